The summed E-state index contributed by atoms with van der Waals surface area (Å²) in [5.74, 6) is 0.685. The summed E-state index contributed by atoms with van der Waals surface area (Å²) in [6, 6.07) is 16.4. The summed E-state index contributed by atoms with van der Waals surface area (Å²) >= 11 is 0. The van der Waals surface area contributed by atoms with E-state index in [1.165, 1.54) is 24.8 Å². The van der Waals surface area contributed by atoms with Crippen LogP contribution in [0, 0.1) is 11.7 Å². The van der Waals surface area contributed by atoms with Gasteiger partial charge in [0.25, 0.3) is 0 Å². The second-order valence-corrected chi connectivity index (χ2v) is 6.25. The van der Waals surface area contributed by atoms with Crippen LogP contribution in [0.4, 0.5) is 4.39 Å². The summed E-state index contributed by atoms with van der Waals surface area (Å²) in [4.78, 5) is 11.4. The van der Waals surface area contributed by atoms with E-state index >= 15 is 0 Å². The normalized spacial score (nSPS) is 18.6. The molecule has 5 heteroatoms. The first-order chi connectivity index (χ1) is 12.6. The van der Waals surface area contributed by atoms with Gasteiger partial charge in [-0.15, -0.1) is 0 Å². The maximum atomic E-state index is 11.9. The van der Waals surface area contributed by atoms with Crippen LogP contribution in [-0.2, 0) is 16.1 Å². The van der Waals surface area contributed by atoms with Gasteiger partial charge >= 0.3 is 5.97 Å². The van der Waals surface area contributed by atoms with E-state index in [1.54, 1.807) is 25.3 Å². The lowest BCUT2D eigenvalue weighted by atomic mass is 10.1. The Hall–Kier alpha value is -2.40. The molecule has 0 amide bonds. The highest BCUT2D eigenvalue weighted by molar-refractivity contribution is 5.72. The molecule has 0 radical (unpaired) electrons. The molecule has 0 bridgehead atoms. The maximum absolute atomic E-state index is 11.9. The average molecular weight is 359 g/mol. The van der Waals surface area contributed by atoms with Crippen LogP contribution in [0.1, 0.15) is 24.8 Å². The van der Waals surface area contributed by atoms with Gasteiger partial charge in [0.2, 0.25) is 0 Å². The van der Waals surface area contributed by atoms with Crippen LogP contribution in [-0.4, -0.2) is 26.2 Å². The van der Waals surface area contributed by atoms with Gasteiger partial charge in [-0.3, -0.25) is 4.79 Å². The molecule has 1 aliphatic carbocycles. The van der Waals surface area contributed by atoms with Crippen LogP contribution in [0.25, 0.3) is 0 Å². The Bertz CT molecular complexity index is 661. The third-order valence-electron chi connectivity index (χ3n) is 4.45. The number of nitrogens with one attached hydrogen (secondary N) is 1. The highest BCUT2D eigenvalue weighted by Crippen LogP contribution is 2.26. The van der Waals surface area contributed by atoms with Crippen molar-refractivity contribution >= 4 is 5.97 Å². The van der Waals surface area contributed by atoms with Crippen molar-refractivity contribution in [2.24, 2.45) is 5.92 Å². The lowest BCUT2D eigenvalue weighted by Crippen LogP contribution is -2.26. The molecule has 1 fully saturated rings. The van der Waals surface area contributed by atoms with Crippen LogP contribution in [0.2, 0.25) is 0 Å². The molecule has 2 aromatic rings. The zero-order valence-corrected chi connectivity index (χ0v) is 15.3. The van der Waals surface area contributed by atoms with Crippen LogP contribution in [0.5, 0.6) is 5.75 Å². The largest absolute Gasteiger partial charge is 0.497 e. The van der Waals surface area contributed by atoms with E-state index in [-0.39, 0.29) is 17.7 Å². The predicted molar refractivity (Wildman–Crippen MR) is 99.4 cm³/mol. The summed E-state index contributed by atoms with van der Waals surface area (Å²) in [6.45, 7) is 0.822. The SMILES string of the molecule is COC(=O)[C@H]1CC[C@@H](NCc2ccc(OC)cc2)C1.Fc1ccccc1. The number of hydrogen-bond acceptors (Lipinski definition) is 4. The van der Waals surface area contributed by atoms with Crippen LogP contribution in [0.15, 0.2) is 54.6 Å². The average Bonchev–Trinajstić information content (AvgIpc) is 3.16. The molecule has 1 saturated carbocycles. The van der Waals surface area contributed by atoms with Crippen LogP contribution < -0.4 is 10.1 Å². The fraction of sp³-hybridized carbons (Fsp3) is 0.381. The Balaban J connectivity index is 0.000000290. The Morgan fingerprint density at radius 3 is 2.31 bits per heavy atom. The smallest absolute Gasteiger partial charge is 0.308 e. The second-order valence-electron chi connectivity index (χ2n) is 6.25. The van der Waals surface area contributed by atoms with E-state index in [9.17, 15) is 9.18 Å². The van der Waals surface area contributed by atoms with Gasteiger partial charge in [-0.1, -0.05) is 30.3 Å². The molecular formula is C21H26FNO3. The summed E-state index contributed by atoms with van der Waals surface area (Å²) in [7, 11) is 3.12. The van der Waals surface area contributed by atoms with Crippen LogP contribution >= 0.6 is 0 Å². The van der Waals surface area contributed by atoms with Crippen LogP contribution in [0.3, 0.4) is 0 Å². The molecule has 0 unspecified atom stereocenters. The van der Waals surface area contributed by atoms with E-state index in [2.05, 4.69) is 17.4 Å². The topological polar surface area (TPSA) is 47.6 Å². The third-order valence-corrected chi connectivity index (χ3v) is 4.45. The molecule has 4 nitrogen and oxygen atoms in total. The van der Waals surface area contributed by atoms with Gasteiger partial charge in [0.15, 0.2) is 0 Å². The monoisotopic (exact) mass is 359 g/mol. The number of rotatable bonds is 5. The summed E-state index contributed by atoms with van der Waals surface area (Å²) in [6.07, 6.45) is 2.84. The van der Waals surface area contributed by atoms with Gasteiger partial charge in [0.1, 0.15) is 11.6 Å². The molecule has 0 aromatic heterocycles. The van der Waals surface area contributed by atoms with Crippen molar-refractivity contribution in [3.05, 3.63) is 66.0 Å². The number of carbonyl (C=O) groups is 1. The lowest BCUT2D eigenvalue weighted by molar-refractivity contribution is -0.145. The van der Waals surface area contributed by atoms with Crippen molar-refractivity contribution in [3.8, 4) is 5.75 Å². The van der Waals surface area contributed by atoms with E-state index in [4.69, 9.17) is 9.47 Å². The van der Waals surface area contributed by atoms with Crippen molar-refractivity contribution in [2.45, 2.75) is 31.8 Å². The summed E-state index contributed by atoms with van der Waals surface area (Å²) < 4.78 is 21.8. The molecule has 0 heterocycles. The van der Waals surface area contributed by atoms with Gasteiger partial charge in [-0.25, -0.2) is 4.39 Å². The molecule has 140 valence electrons. The molecule has 1 N–H and O–H groups in total. The zero-order valence-electron chi connectivity index (χ0n) is 15.3. The number of ether oxygens (including phenoxy) is 2. The number of esters is 1. The quantitative estimate of drug-likeness (QED) is 0.821. The Kier molecular flexibility index (Phi) is 8.09. The molecule has 26 heavy (non-hydrogen) atoms. The minimum Gasteiger partial charge on any atom is -0.497 e. The molecule has 1 aliphatic rings. The van der Waals surface area contributed by atoms with Gasteiger partial charge in [0, 0.05) is 12.6 Å². The zero-order chi connectivity index (χ0) is 18.8. The summed E-state index contributed by atoms with van der Waals surface area (Å²) in [5, 5.41) is 3.50. The van der Waals surface area contributed by atoms with Crippen molar-refractivity contribution in [3.63, 3.8) is 0 Å². The third kappa shape index (κ3) is 6.48. The van der Waals surface area contributed by atoms with E-state index < -0.39 is 0 Å². The van der Waals surface area contributed by atoms with Crippen molar-refractivity contribution in [2.75, 3.05) is 14.2 Å². The van der Waals surface area contributed by atoms with Gasteiger partial charge in [0.05, 0.1) is 20.1 Å². The molecule has 0 spiro atoms. The van der Waals surface area contributed by atoms with E-state index in [0.29, 0.717) is 6.04 Å². The number of hydrogen-bond donors (Lipinski definition) is 1. The molecule has 2 aromatic carbocycles. The number of halogens is 1. The van der Waals surface area contributed by atoms with Crippen molar-refractivity contribution < 1.29 is 18.7 Å². The molecule has 3 rings (SSSR count). The second kappa shape index (κ2) is 10.6. The standard InChI is InChI=1S/C15H21NO3.C6H5F/c1-18-14-7-3-11(4-8-14)10-16-13-6-5-12(9-13)15(17)19-2;7-6-4-2-1-3-5-6/h3-4,7-8,12-13,16H,5-6,9-10H2,1-2H3;1-5H/t12-,13+;/m0./s1. The van der Waals surface area contributed by atoms with Crippen molar-refractivity contribution in [1.29, 1.82) is 0 Å². The van der Waals surface area contributed by atoms with E-state index in [0.717, 1.165) is 31.6 Å². The number of methoxy groups -OCH3 is 2. The Morgan fingerprint density at radius 2 is 1.77 bits per heavy atom. The van der Waals surface area contributed by atoms with Gasteiger partial charge < -0.3 is 14.8 Å². The van der Waals surface area contributed by atoms with Crippen molar-refractivity contribution in [1.82, 2.24) is 5.32 Å². The number of benzene rings is 2. The first-order valence-corrected chi connectivity index (χ1v) is 8.77. The molecular weight excluding hydrogens is 333 g/mol. The minimum atomic E-state index is -0.178. The molecule has 0 saturated heterocycles. The Labute approximate surface area is 154 Å². The number of carbonyl (C=O) groups excluding carboxylic acids is 1. The lowest BCUT2D eigenvalue weighted by Gasteiger charge is -2.13. The fourth-order valence-electron chi connectivity index (χ4n) is 2.97. The predicted octanol–water partition coefficient (Wildman–Crippen LogP) is 3.95. The van der Waals surface area contributed by atoms with E-state index in [1.807, 2.05) is 12.1 Å². The van der Waals surface area contributed by atoms with Gasteiger partial charge in [-0.05, 0) is 49.1 Å². The first kappa shape index (κ1) is 19.9. The first-order valence-electron chi connectivity index (χ1n) is 8.77. The summed E-state index contributed by atoms with van der Waals surface area (Å²) in [5.41, 5.74) is 1.22. The maximum Gasteiger partial charge on any atom is 0.308 e. The molecule has 0 aliphatic heterocycles. The molecule has 2 atom stereocenters. The fourth-order valence-corrected chi connectivity index (χ4v) is 2.97. The highest BCUT2D eigenvalue weighted by atomic mass is 19.1. The minimum absolute atomic E-state index is 0.0679. The Morgan fingerprint density at radius 1 is 1.08 bits per heavy atom. The van der Waals surface area contributed by atoms with Gasteiger partial charge in [-0.2, -0.15) is 0 Å². The highest BCUT2D eigenvalue weighted by Gasteiger charge is 2.30.